The summed E-state index contributed by atoms with van der Waals surface area (Å²) in [4.78, 5) is 0. The standard InChI is InChI=1S/C10H19O2PS2/c1-2-13(14)11-7-10(8-12-13)9-3-5-15-6-4-9/h9-10H,2-8H2,1H3. The van der Waals surface area contributed by atoms with Gasteiger partial charge in [0.15, 0.2) is 6.49 Å². The van der Waals surface area contributed by atoms with Gasteiger partial charge in [-0.25, -0.2) is 0 Å². The van der Waals surface area contributed by atoms with Crippen LogP contribution in [0.25, 0.3) is 0 Å². The van der Waals surface area contributed by atoms with E-state index in [2.05, 4.69) is 18.7 Å². The highest BCUT2D eigenvalue weighted by Gasteiger charge is 2.32. The van der Waals surface area contributed by atoms with E-state index < -0.39 is 6.49 Å². The fourth-order valence-electron chi connectivity index (χ4n) is 2.15. The molecule has 2 aliphatic rings. The lowest BCUT2D eigenvalue weighted by Gasteiger charge is -2.36. The van der Waals surface area contributed by atoms with E-state index in [9.17, 15) is 0 Å². The molecule has 0 spiro atoms. The molecule has 5 heteroatoms. The summed E-state index contributed by atoms with van der Waals surface area (Å²) in [6.45, 7) is 1.91. The SMILES string of the molecule is CCP1(=S)OCC(C2CCSCC2)CO1. The maximum atomic E-state index is 5.78. The van der Waals surface area contributed by atoms with Crippen molar-refractivity contribution in [1.29, 1.82) is 0 Å². The topological polar surface area (TPSA) is 18.5 Å². The van der Waals surface area contributed by atoms with E-state index in [-0.39, 0.29) is 0 Å². The molecule has 0 bridgehead atoms. The minimum absolute atomic E-state index is 0.605. The molecule has 2 heterocycles. The Labute approximate surface area is 102 Å². The molecular formula is C10H19O2PS2. The lowest BCUT2D eigenvalue weighted by atomic mass is 9.89. The van der Waals surface area contributed by atoms with Crippen LogP contribution in [0.4, 0.5) is 0 Å². The Bertz CT molecular complexity index is 242. The van der Waals surface area contributed by atoms with Crippen molar-refractivity contribution < 1.29 is 9.05 Å². The van der Waals surface area contributed by atoms with Crippen molar-refractivity contribution in [3.05, 3.63) is 0 Å². The predicted molar refractivity (Wildman–Crippen MR) is 70.3 cm³/mol. The van der Waals surface area contributed by atoms with Gasteiger partial charge in [-0.05, 0) is 42.1 Å². The molecule has 0 aromatic rings. The second kappa shape index (κ2) is 5.50. The van der Waals surface area contributed by atoms with Gasteiger partial charge in [0.25, 0.3) is 0 Å². The third-order valence-electron chi connectivity index (χ3n) is 3.29. The van der Waals surface area contributed by atoms with E-state index in [0.717, 1.165) is 25.3 Å². The second-order valence-corrected chi connectivity index (χ2v) is 9.49. The van der Waals surface area contributed by atoms with Crippen LogP contribution in [0, 0.1) is 11.8 Å². The second-order valence-electron chi connectivity index (χ2n) is 4.23. The first-order chi connectivity index (χ1) is 7.23. The molecule has 0 amide bonds. The summed E-state index contributed by atoms with van der Waals surface area (Å²) < 4.78 is 11.6. The monoisotopic (exact) mass is 266 g/mol. The van der Waals surface area contributed by atoms with Crippen LogP contribution in [0.1, 0.15) is 19.8 Å². The van der Waals surface area contributed by atoms with E-state index >= 15 is 0 Å². The van der Waals surface area contributed by atoms with Crippen LogP contribution in [0.3, 0.4) is 0 Å². The van der Waals surface area contributed by atoms with Gasteiger partial charge in [-0.3, -0.25) is 0 Å². The van der Waals surface area contributed by atoms with Crippen LogP contribution in [-0.4, -0.2) is 30.9 Å². The highest BCUT2D eigenvalue weighted by atomic mass is 32.5. The molecule has 0 aliphatic carbocycles. The van der Waals surface area contributed by atoms with Gasteiger partial charge in [0, 0.05) is 12.1 Å². The fraction of sp³-hybridized carbons (Fsp3) is 1.00. The lowest BCUT2D eigenvalue weighted by molar-refractivity contribution is 0.0777. The van der Waals surface area contributed by atoms with Crippen molar-refractivity contribution in [3.8, 4) is 0 Å². The van der Waals surface area contributed by atoms with Crippen LogP contribution < -0.4 is 0 Å². The van der Waals surface area contributed by atoms with Crippen LogP contribution in [0.5, 0.6) is 0 Å². The molecule has 0 N–H and O–H groups in total. The first-order valence-corrected chi connectivity index (χ1v) is 9.67. The van der Waals surface area contributed by atoms with E-state index in [1.807, 2.05) is 0 Å². The van der Waals surface area contributed by atoms with E-state index in [4.69, 9.17) is 20.9 Å². The number of rotatable bonds is 2. The maximum absolute atomic E-state index is 5.78. The van der Waals surface area contributed by atoms with Gasteiger partial charge in [-0.2, -0.15) is 11.8 Å². The van der Waals surface area contributed by atoms with Crippen LogP contribution in [-0.2, 0) is 20.9 Å². The highest BCUT2D eigenvalue weighted by molar-refractivity contribution is 8.09. The quantitative estimate of drug-likeness (QED) is 0.715. The summed E-state index contributed by atoms with van der Waals surface area (Å²) in [7, 11) is 0. The third-order valence-corrected chi connectivity index (χ3v) is 7.61. The van der Waals surface area contributed by atoms with Crippen LogP contribution >= 0.6 is 18.3 Å². The molecule has 2 fully saturated rings. The van der Waals surface area contributed by atoms with E-state index in [0.29, 0.717) is 5.92 Å². The largest absolute Gasteiger partial charge is 0.329 e. The molecule has 15 heavy (non-hydrogen) atoms. The molecule has 0 saturated carbocycles. The molecule has 88 valence electrons. The van der Waals surface area contributed by atoms with Gasteiger partial charge in [0.1, 0.15) is 0 Å². The molecule has 0 aromatic carbocycles. The first kappa shape index (κ1) is 12.4. The molecule has 2 rings (SSSR count). The minimum Gasteiger partial charge on any atom is -0.329 e. The predicted octanol–water partition coefficient (Wildman–Crippen LogP) is 3.12. The molecule has 2 nitrogen and oxygen atoms in total. The molecule has 0 unspecified atom stereocenters. The Kier molecular flexibility index (Phi) is 4.54. The fourth-order valence-corrected chi connectivity index (χ4v) is 4.93. The van der Waals surface area contributed by atoms with E-state index in [1.165, 1.54) is 24.3 Å². The first-order valence-electron chi connectivity index (χ1n) is 5.69. The summed E-state index contributed by atoms with van der Waals surface area (Å²) >= 11 is 7.44. The molecule has 2 aliphatic heterocycles. The third kappa shape index (κ3) is 3.19. The normalized spacial score (nSPS) is 39.1. The summed E-state index contributed by atoms with van der Waals surface area (Å²) in [6.07, 6.45) is 3.53. The van der Waals surface area contributed by atoms with Crippen molar-refractivity contribution in [3.63, 3.8) is 0 Å². The minimum atomic E-state index is -1.85. The Morgan fingerprint density at radius 3 is 2.33 bits per heavy atom. The van der Waals surface area contributed by atoms with E-state index in [1.54, 1.807) is 0 Å². The smallest absolute Gasteiger partial charge is 0.188 e. The number of thioether (sulfide) groups is 1. The zero-order valence-corrected chi connectivity index (χ0v) is 11.7. The van der Waals surface area contributed by atoms with Gasteiger partial charge >= 0.3 is 0 Å². The zero-order valence-electron chi connectivity index (χ0n) is 9.18. The van der Waals surface area contributed by atoms with Gasteiger partial charge in [-0.1, -0.05) is 6.92 Å². The van der Waals surface area contributed by atoms with Gasteiger partial charge in [0.05, 0.1) is 13.2 Å². The summed E-state index contributed by atoms with van der Waals surface area (Å²) in [5.74, 6) is 4.03. The van der Waals surface area contributed by atoms with Crippen LogP contribution in [0.15, 0.2) is 0 Å². The van der Waals surface area contributed by atoms with Crippen molar-refractivity contribution in [2.75, 3.05) is 30.9 Å². The van der Waals surface area contributed by atoms with Crippen molar-refractivity contribution in [2.24, 2.45) is 11.8 Å². The van der Waals surface area contributed by atoms with Crippen molar-refractivity contribution >= 4 is 30.1 Å². The summed E-state index contributed by atoms with van der Waals surface area (Å²) in [6, 6.07) is 0. The zero-order chi connectivity index (χ0) is 10.7. The van der Waals surface area contributed by atoms with Crippen molar-refractivity contribution in [2.45, 2.75) is 19.8 Å². The van der Waals surface area contributed by atoms with Gasteiger partial charge in [-0.15, -0.1) is 0 Å². The number of hydrogen-bond acceptors (Lipinski definition) is 4. The Hall–Kier alpha value is 0.920. The van der Waals surface area contributed by atoms with Crippen molar-refractivity contribution in [1.82, 2.24) is 0 Å². The molecule has 0 aromatic heterocycles. The summed E-state index contributed by atoms with van der Waals surface area (Å²) in [5, 5.41) is 0. The van der Waals surface area contributed by atoms with Gasteiger partial charge < -0.3 is 9.05 Å². The molecule has 0 atom stereocenters. The summed E-state index contributed by atoms with van der Waals surface area (Å²) in [5.41, 5.74) is 0. The highest BCUT2D eigenvalue weighted by Crippen LogP contribution is 2.52. The Morgan fingerprint density at radius 2 is 1.80 bits per heavy atom. The Morgan fingerprint density at radius 1 is 1.20 bits per heavy atom. The van der Waals surface area contributed by atoms with Crippen LogP contribution in [0.2, 0.25) is 0 Å². The maximum Gasteiger partial charge on any atom is 0.188 e. The number of hydrogen-bond donors (Lipinski definition) is 0. The molecule has 0 radical (unpaired) electrons. The average Bonchev–Trinajstić information content (AvgIpc) is 2.31. The Balaban J connectivity index is 1.84. The lowest BCUT2D eigenvalue weighted by Crippen LogP contribution is -2.30. The van der Waals surface area contributed by atoms with Gasteiger partial charge in [0.2, 0.25) is 0 Å². The average molecular weight is 266 g/mol. The molecular weight excluding hydrogens is 247 g/mol. The molecule has 2 saturated heterocycles.